The Bertz CT molecular complexity index is 605. The van der Waals surface area contributed by atoms with Crippen LogP contribution in [0.1, 0.15) is 11.1 Å². The van der Waals surface area contributed by atoms with Gasteiger partial charge < -0.3 is 4.57 Å². The first-order valence-corrected chi connectivity index (χ1v) is 6.22. The smallest absolute Gasteiger partial charge is 0.250 e. The molecular weight excluding hydrogens is 278 g/mol. The number of aryl methyl sites for hydroxylation is 3. The topological polar surface area (TPSA) is 22.0 Å². The van der Waals surface area contributed by atoms with Crippen molar-refractivity contribution in [3.63, 3.8) is 0 Å². The molecule has 3 heteroatoms. The van der Waals surface area contributed by atoms with E-state index in [1.54, 1.807) is 17.7 Å². The maximum Gasteiger partial charge on any atom is 0.250 e. The molecule has 2 aromatic rings. The van der Waals surface area contributed by atoms with Gasteiger partial charge in [-0.15, -0.1) is 0 Å². The van der Waals surface area contributed by atoms with Crippen molar-refractivity contribution < 1.29 is 0 Å². The molecule has 2 rings (SSSR count). The average molecular weight is 292 g/mol. The van der Waals surface area contributed by atoms with Gasteiger partial charge in [-0.05, 0) is 42.2 Å². The monoisotopic (exact) mass is 291 g/mol. The molecule has 0 aliphatic heterocycles. The number of hydrogen-bond donors (Lipinski definition) is 0. The Morgan fingerprint density at radius 3 is 2.18 bits per heavy atom. The van der Waals surface area contributed by atoms with Gasteiger partial charge in [-0.25, -0.2) is 0 Å². The molecule has 0 spiro atoms. The molecule has 0 bridgehead atoms. The highest BCUT2D eigenvalue weighted by atomic mass is 79.9. The average Bonchev–Trinajstić information content (AvgIpc) is 2.29. The second kappa shape index (κ2) is 4.49. The number of benzene rings is 1. The van der Waals surface area contributed by atoms with E-state index >= 15 is 0 Å². The molecule has 2 nitrogen and oxygen atoms in total. The standard InChI is InChI=1S/C14H14BrNO/c1-9-6-12(7-10(2)14(9)15)11-4-5-13(17)16(3)8-11/h4-8H,1-3H3. The fraction of sp³-hybridized carbons (Fsp3) is 0.214. The Kier molecular flexibility index (Phi) is 3.20. The third-order valence-electron chi connectivity index (χ3n) is 2.86. The number of halogens is 1. The van der Waals surface area contributed by atoms with E-state index in [9.17, 15) is 4.79 Å². The summed E-state index contributed by atoms with van der Waals surface area (Å²) in [6.45, 7) is 4.14. The van der Waals surface area contributed by atoms with Crippen molar-refractivity contribution in [1.82, 2.24) is 4.57 Å². The number of hydrogen-bond acceptors (Lipinski definition) is 1. The van der Waals surface area contributed by atoms with Gasteiger partial charge in [0.15, 0.2) is 0 Å². The number of nitrogens with zero attached hydrogens (tertiary/aromatic N) is 1. The van der Waals surface area contributed by atoms with Crippen LogP contribution in [0.25, 0.3) is 11.1 Å². The largest absolute Gasteiger partial charge is 0.318 e. The summed E-state index contributed by atoms with van der Waals surface area (Å²) in [6, 6.07) is 7.71. The molecule has 1 aromatic carbocycles. The molecule has 0 saturated carbocycles. The van der Waals surface area contributed by atoms with E-state index in [4.69, 9.17) is 0 Å². The summed E-state index contributed by atoms with van der Waals surface area (Å²) in [5, 5.41) is 0. The normalized spacial score (nSPS) is 10.6. The molecule has 0 fully saturated rings. The summed E-state index contributed by atoms with van der Waals surface area (Å²) >= 11 is 3.56. The lowest BCUT2D eigenvalue weighted by Crippen LogP contribution is -2.13. The van der Waals surface area contributed by atoms with Gasteiger partial charge in [0.05, 0.1) is 0 Å². The van der Waals surface area contributed by atoms with Gasteiger partial charge in [-0.3, -0.25) is 4.79 Å². The lowest BCUT2D eigenvalue weighted by Gasteiger charge is -2.09. The highest BCUT2D eigenvalue weighted by molar-refractivity contribution is 9.10. The molecule has 0 aliphatic rings. The van der Waals surface area contributed by atoms with Crippen LogP contribution in [0.4, 0.5) is 0 Å². The second-order valence-electron chi connectivity index (χ2n) is 4.29. The van der Waals surface area contributed by atoms with E-state index in [-0.39, 0.29) is 5.56 Å². The molecule has 0 radical (unpaired) electrons. The van der Waals surface area contributed by atoms with Crippen molar-refractivity contribution in [2.45, 2.75) is 13.8 Å². The summed E-state index contributed by atoms with van der Waals surface area (Å²) in [7, 11) is 1.77. The van der Waals surface area contributed by atoms with Crippen molar-refractivity contribution in [3.05, 3.63) is 56.4 Å². The van der Waals surface area contributed by atoms with Crippen LogP contribution in [0.5, 0.6) is 0 Å². The summed E-state index contributed by atoms with van der Waals surface area (Å²) < 4.78 is 2.74. The zero-order valence-corrected chi connectivity index (χ0v) is 11.7. The van der Waals surface area contributed by atoms with Crippen molar-refractivity contribution in [1.29, 1.82) is 0 Å². The minimum Gasteiger partial charge on any atom is -0.318 e. The van der Waals surface area contributed by atoms with Crippen molar-refractivity contribution in [2.24, 2.45) is 7.05 Å². The lowest BCUT2D eigenvalue weighted by atomic mass is 10.0. The molecule has 17 heavy (non-hydrogen) atoms. The molecule has 1 heterocycles. The molecule has 88 valence electrons. The predicted molar refractivity (Wildman–Crippen MR) is 74.3 cm³/mol. The zero-order chi connectivity index (χ0) is 12.6. The number of aromatic nitrogens is 1. The fourth-order valence-electron chi connectivity index (χ4n) is 1.88. The molecule has 1 aromatic heterocycles. The van der Waals surface area contributed by atoms with Gasteiger partial charge in [-0.1, -0.05) is 28.1 Å². The third-order valence-corrected chi connectivity index (χ3v) is 4.11. The highest BCUT2D eigenvalue weighted by Crippen LogP contribution is 2.27. The van der Waals surface area contributed by atoms with Gasteiger partial charge in [0, 0.05) is 23.8 Å². The summed E-state index contributed by atoms with van der Waals surface area (Å²) in [6.07, 6.45) is 1.87. The predicted octanol–water partition coefficient (Wildman–Crippen LogP) is 3.43. The fourth-order valence-corrected chi connectivity index (χ4v) is 2.11. The van der Waals surface area contributed by atoms with Crippen molar-refractivity contribution >= 4 is 15.9 Å². The first-order chi connectivity index (χ1) is 7.99. The Hall–Kier alpha value is -1.35. The molecule has 0 aliphatic carbocycles. The van der Waals surface area contributed by atoms with Crippen LogP contribution in [0.15, 0.2) is 39.7 Å². The van der Waals surface area contributed by atoms with E-state index < -0.39 is 0 Å². The summed E-state index contributed by atoms with van der Waals surface area (Å²) in [5.74, 6) is 0. The Balaban J connectivity index is 2.61. The van der Waals surface area contributed by atoms with Crippen LogP contribution in [0.2, 0.25) is 0 Å². The number of rotatable bonds is 1. The maximum absolute atomic E-state index is 11.3. The zero-order valence-electron chi connectivity index (χ0n) is 10.1. The van der Waals surface area contributed by atoms with E-state index in [0.29, 0.717) is 0 Å². The van der Waals surface area contributed by atoms with Crippen molar-refractivity contribution in [2.75, 3.05) is 0 Å². The quantitative estimate of drug-likeness (QED) is 0.789. The second-order valence-corrected chi connectivity index (χ2v) is 5.08. The van der Waals surface area contributed by atoms with Crippen LogP contribution < -0.4 is 5.56 Å². The van der Waals surface area contributed by atoms with Gasteiger partial charge in [-0.2, -0.15) is 0 Å². The van der Waals surface area contributed by atoms with E-state index in [1.807, 2.05) is 12.3 Å². The van der Waals surface area contributed by atoms with Crippen LogP contribution >= 0.6 is 15.9 Å². The highest BCUT2D eigenvalue weighted by Gasteiger charge is 2.05. The SMILES string of the molecule is Cc1cc(-c2ccc(=O)n(C)c2)cc(C)c1Br. The van der Waals surface area contributed by atoms with E-state index in [2.05, 4.69) is 41.9 Å². The molecular formula is C14H14BrNO. The Morgan fingerprint density at radius 2 is 1.65 bits per heavy atom. The van der Waals surface area contributed by atoms with Crippen LogP contribution in [0.3, 0.4) is 0 Å². The summed E-state index contributed by atoms with van der Waals surface area (Å²) in [4.78, 5) is 11.3. The van der Waals surface area contributed by atoms with Crippen molar-refractivity contribution in [3.8, 4) is 11.1 Å². The molecule has 0 amide bonds. The minimum absolute atomic E-state index is 0.0132. The van der Waals surface area contributed by atoms with Gasteiger partial charge in [0.1, 0.15) is 0 Å². The number of pyridine rings is 1. The van der Waals surface area contributed by atoms with Gasteiger partial charge in [0.2, 0.25) is 5.56 Å². The minimum atomic E-state index is 0.0132. The molecule has 0 N–H and O–H groups in total. The Labute approximate surface area is 109 Å². The van der Waals surface area contributed by atoms with Crippen LogP contribution in [-0.2, 0) is 7.05 Å². The third kappa shape index (κ3) is 2.34. The van der Waals surface area contributed by atoms with Gasteiger partial charge in [0.25, 0.3) is 0 Å². The van der Waals surface area contributed by atoms with Crippen LogP contribution in [0, 0.1) is 13.8 Å². The lowest BCUT2D eigenvalue weighted by molar-refractivity contribution is 0.862. The molecule has 0 saturated heterocycles. The first-order valence-electron chi connectivity index (χ1n) is 5.43. The van der Waals surface area contributed by atoms with Crippen LogP contribution in [-0.4, -0.2) is 4.57 Å². The van der Waals surface area contributed by atoms with E-state index in [1.165, 1.54) is 11.1 Å². The summed E-state index contributed by atoms with van der Waals surface area (Å²) in [5.41, 5.74) is 4.62. The Morgan fingerprint density at radius 1 is 1.06 bits per heavy atom. The molecule has 0 unspecified atom stereocenters. The van der Waals surface area contributed by atoms with E-state index in [0.717, 1.165) is 15.6 Å². The molecule has 0 atom stereocenters. The maximum atomic E-state index is 11.3. The van der Waals surface area contributed by atoms with Gasteiger partial charge >= 0.3 is 0 Å². The first kappa shape index (κ1) is 12.1.